The molecule has 0 aliphatic carbocycles. The van der Waals surface area contributed by atoms with Crippen LogP contribution in [-0.4, -0.2) is 41.4 Å². The minimum Gasteiger partial charge on any atom is -0.348 e. The molecule has 1 aromatic rings. The summed E-state index contributed by atoms with van der Waals surface area (Å²) in [5.74, 6) is 0.0499. The minimum atomic E-state index is 0.0499. The Morgan fingerprint density at radius 1 is 1.50 bits per heavy atom. The van der Waals surface area contributed by atoms with E-state index < -0.39 is 0 Å². The van der Waals surface area contributed by atoms with Gasteiger partial charge in [0.05, 0.1) is 12.2 Å². The van der Waals surface area contributed by atoms with E-state index in [-0.39, 0.29) is 5.91 Å². The molecular weight excluding hydrogens is 180 g/mol. The summed E-state index contributed by atoms with van der Waals surface area (Å²) in [5, 5.41) is 2.99. The third-order valence-corrected chi connectivity index (χ3v) is 1.70. The van der Waals surface area contributed by atoms with Crippen LogP contribution in [0.15, 0.2) is 18.6 Å². The van der Waals surface area contributed by atoms with Crippen LogP contribution in [0.1, 0.15) is 5.69 Å². The Balaban J connectivity index is 2.26. The lowest BCUT2D eigenvalue weighted by Crippen LogP contribution is -2.32. The average Bonchev–Trinajstić information content (AvgIpc) is 2.19. The zero-order valence-electron chi connectivity index (χ0n) is 8.40. The smallest absolute Gasteiger partial charge is 0.236 e. The Hall–Kier alpha value is -1.49. The van der Waals surface area contributed by atoms with Crippen LogP contribution in [0.2, 0.25) is 0 Å². The van der Waals surface area contributed by atoms with Gasteiger partial charge in [-0.15, -0.1) is 0 Å². The highest BCUT2D eigenvalue weighted by Crippen LogP contribution is 1.88. The zero-order valence-corrected chi connectivity index (χ0v) is 8.40. The van der Waals surface area contributed by atoms with Crippen molar-refractivity contribution in [3.05, 3.63) is 24.3 Å². The quantitative estimate of drug-likeness (QED) is 0.712. The van der Waals surface area contributed by atoms with Gasteiger partial charge in [-0.05, 0) is 0 Å². The third kappa shape index (κ3) is 3.49. The maximum absolute atomic E-state index is 11.2. The predicted molar refractivity (Wildman–Crippen MR) is 52.4 cm³/mol. The van der Waals surface area contributed by atoms with E-state index in [9.17, 15) is 4.79 Å². The minimum absolute atomic E-state index is 0.0499. The Labute approximate surface area is 83.2 Å². The first-order chi connectivity index (χ1) is 6.70. The Morgan fingerprint density at radius 2 is 2.29 bits per heavy atom. The predicted octanol–water partition coefficient (Wildman–Crippen LogP) is -0.346. The molecule has 0 aliphatic rings. The van der Waals surface area contributed by atoms with E-state index in [2.05, 4.69) is 15.3 Å². The van der Waals surface area contributed by atoms with Crippen molar-refractivity contribution in [2.24, 2.45) is 0 Å². The van der Waals surface area contributed by atoms with Crippen LogP contribution in [0.5, 0.6) is 0 Å². The van der Waals surface area contributed by atoms with Gasteiger partial charge >= 0.3 is 0 Å². The molecule has 76 valence electrons. The number of rotatable bonds is 4. The number of amides is 1. The molecule has 0 saturated heterocycles. The molecular formula is C9H14N4O. The molecule has 1 heterocycles. The van der Waals surface area contributed by atoms with Gasteiger partial charge in [0.15, 0.2) is 0 Å². The average molecular weight is 194 g/mol. The Kier molecular flexibility index (Phi) is 4.00. The van der Waals surface area contributed by atoms with E-state index in [1.165, 1.54) is 0 Å². The summed E-state index contributed by atoms with van der Waals surface area (Å²) in [4.78, 5) is 20.7. The molecule has 0 unspecified atom stereocenters. The van der Waals surface area contributed by atoms with E-state index in [0.717, 1.165) is 5.69 Å². The number of hydrogen-bond donors (Lipinski definition) is 1. The largest absolute Gasteiger partial charge is 0.348 e. The van der Waals surface area contributed by atoms with Crippen molar-refractivity contribution < 1.29 is 4.79 Å². The molecule has 1 rings (SSSR count). The summed E-state index contributed by atoms with van der Waals surface area (Å²) in [7, 11) is 3.46. The second kappa shape index (κ2) is 5.29. The molecule has 0 atom stereocenters. The first-order valence-electron chi connectivity index (χ1n) is 4.36. The molecule has 0 radical (unpaired) electrons. The van der Waals surface area contributed by atoms with Crippen LogP contribution < -0.4 is 5.32 Å². The number of nitrogens with one attached hydrogen (secondary N) is 1. The highest BCUT2D eigenvalue weighted by Gasteiger charge is 2.02. The maximum Gasteiger partial charge on any atom is 0.236 e. The number of likely N-dealkylation sites (N-methyl/N-ethyl adjacent to an activating group) is 1. The van der Waals surface area contributed by atoms with Gasteiger partial charge < -0.3 is 10.2 Å². The van der Waals surface area contributed by atoms with Gasteiger partial charge in [-0.2, -0.15) is 0 Å². The van der Waals surface area contributed by atoms with Crippen molar-refractivity contribution in [2.45, 2.75) is 6.54 Å². The molecule has 1 aromatic heterocycles. The van der Waals surface area contributed by atoms with Gasteiger partial charge in [-0.1, -0.05) is 0 Å². The lowest BCUT2D eigenvalue weighted by atomic mass is 10.4. The van der Waals surface area contributed by atoms with Crippen molar-refractivity contribution >= 4 is 5.91 Å². The second-order valence-electron chi connectivity index (χ2n) is 3.09. The fraction of sp³-hybridized carbons (Fsp3) is 0.444. The summed E-state index contributed by atoms with van der Waals surface area (Å²) in [6.45, 7) is 0.886. The van der Waals surface area contributed by atoms with Gasteiger partial charge in [0.1, 0.15) is 0 Å². The molecule has 0 spiro atoms. The van der Waals surface area contributed by atoms with Gasteiger partial charge in [-0.25, -0.2) is 0 Å². The van der Waals surface area contributed by atoms with Gasteiger partial charge in [-0.3, -0.25) is 14.8 Å². The van der Waals surface area contributed by atoms with Crippen LogP contribution in [0.25, 0.3) is 0 Å². The summed E-state index contributed by atoms with van der Waals surface area (Å²) in [6.07, 6.45) is 4.92. The second-order valence-corrected chi connectivity index (χ2v) is 3.09. The number of hydrogen-bond acceptors (Lipinski definition) is 4. The van der Waals surface area contributed by atoms with E-state index in [4.69, 9.17) is 0 Å². The highest BCUT2D eigenvalue weighted by atomic mass is 16.2. The van der Waals surface area contributed by atoms with Crippen LogP contribution >= 0.6 is 0 Å². The van der Waals surface area contributed by atoms with Crippen molar-refractivity contribution in [1.82, 2.24) is 20.2 Å². The van der Waals surface area contributed by atoms with E-state index in [1.54, 1.807) is 37.6 Å². The summed E-state index contributed by atoms with van der Waals surface area (Å²) < 4.78 is 0. The SMILES string of the molecule is CN(C)C(=O)CNCc1cnccn1. The van der Waals surface area contributed by atoms with Gasteiger partial charge in [0.25, 0.3) is 0 Å². The monoisotopic (exact) mass is 194 g/mol. The molecule has 5 heteroatoms. The van der Waals surface area contributed by atoms with Gasteiger partial charge in [0, 0.05) is 39.2 Å². The molecule has 0 fully saturated rings. The standard InChI is InChI=1S/C9H14N4O/c1-13(2)9(14)7-11-6-8-5-10-3-4-12-8/h3-5,11H,6-7H2,1-2H3. The first-order valence-corrected chi connectivity index (χ1v) is 4.36. The van der Waals surface area contributed by atoms with E-state index >= 15 is 0 Å². The molecule has 0 saturated carbocycles. The number of nitrogens with zero attached hydrogens (tertiary/aromatic N) is 3. The van der Waals surface area contributed by atoms with Crippen LogP contribution in [0.4, 0.5) is 0 Å². The topological polar surface area (TPSA) is 58.1 Å². The molecule has 0 aliphatic heterocycles. The molecule has 14 heavy (non-hydrogen) atoms. The maximum atomic E-state index is 11.2. The summed E-state index contributed by atoms with van der Waals surface area (Å²) >= 11 is 0. The molecule has 5 nitrogen and oxygen atoms in total. The van der Waals surface area contributed by atoms with Crippen molar-refractivity contribution in [3.63, 3.8) is 0 Å². The fourth-order valence-corrected chi connectivity index (χ4v) is 0.877. The molecule has 0 aromatic carbocycles. The van der Waals surface area contributed by atoms with E-state index in [1.807, 2.05) is 0 Å². The highest BCUT2D eigenvalue weighted by molar-refractivity contribution is 5.77. The zero-order chi connectivity index (χ0) is 10.4. The van der Waals surface area contributed by atoms with Crippen molar-refractivity contribution in [1.29, 1.82) is 0 Å². The van der Waals surface area contributed by atoms with Crippen LogP contribution in [-0.2, 0) is 11.3 Å². The summed E-state index contributed by atoms with van der Waals surface area (Å²) in [6, 6.07) is 0. The van der Waals surface area contributed by atoms with Gasteiger partial charge in [0.2, 0.25) is 5.91 Å². The molecule has 1 amide bonds. The van der Waals surface area contributed by atoms with Crippen molar-refractivity contribution in [3.8, 4) is 0 Å². The molecule has 0 bridgehead atoms. The van der Waals surface area contributed by atoms with Crippen LogP contribution in [0, 0.1) is 0 Å². The molecule has 1 N–H and O–H groups in total. The lowest BCUT2D eigenvalue weighted by molar-refractivity contribution is -0.127. The number of carbonyl (C=O) groups excluding carboxylic acids is 1. The fourth-order valence-electron chi connectivity index (χ4n) is 0.877. The summed E-state index contributed by atoms with van der Waals surface area (Å²) in [5.41, 5.74) is 0.832. The lowest BCUT2D eigenvalue weighted by Gasteiger charge is -2.10. The first kappa shape index (κ1) is 10.6. The third-order valence-electron chi connectivity index (χ3n) is 1.70. The Morgan fingerprint density at radius 3 is 2.86 bits per heavy atom. The number of aromatic nitrogens is 2. The number of carbonyl (C=O) groups is 1. The normalized spacial score (nSPS) is 9.86. The van der Waals surface area contributed by atoms with Crippen molar-refractivity contribution in [2.75, 3.05) is 20.6 Å². The van der Waals surface area contributed by atoms with Crippen LogP contribution in [0.3, 0.4) is 0 Å². The van der Waals surface area contributed by atoms with E-state index in [0.29, 0.717) is 13.1 Å². The Bertz CT molecular complexity index is 286.